The number of aryl methyl sites for hydroxylation is 1. The topological polar surface area (TPSA) is 55.1 Å². The van der Waals surface area contributed by atoms with Crippen molar-refractivity contribution in [3.8, 4) is 0 Å². The Morgan fingerprint density at radius 2 is 2.27 bits per heavy atom. The molecule has 0 radical (unpaired) electrons. The van der Waals surface area contributed by atoms with Crippen LogP contribution in [0, 0.1) is 0 Å². The molecule has 1 amide bonds. The van der Waals surface area contributed by atoms with Crippen molar-refractivity contribution >= 4 is 11.6 Å². The van der Waals surface area contributed by atoms with Gasteiger partial charge in [0.05, 0.1) is 5.54 Å². The van der Waals surface area contributed by atoms with E-state index in [-0.39, 0.29) is 5.91 Å². The van der Waals surface area contributed by atoms with Crippen LogP contribution >= 0.6 is 0 Å². The van der Waals surface area contributed by atoms with E-state index in [4.69, 9.17) is 5.73 Å². The van der Waals surface area contributed by atoms with Crippen LogP contribution in [0.5, 0.6) is 0 Å². The first kappa shape index (κ1) is 10.2. The molecule has 0 aliphatic heterocycles. The molecular formula is C12H16N2O. The van der Waals surface area contributed by atoms with E-state index in [9.17, 15) is 4.79 Å². The van der Waals surface area contributed by atoms with Crippen molar-refractivity contribution < 1.29 is 4.79 Å². The number of carbonyl (C=O) groups is 1. The molecule has 1 fully saturated rings. The van der Waals surface area contributed by atoms with Gasteiger partial charge in [-0.3, -0.25) is 4.79 Å². The third-order valence-corrected chi connectivity index (χ3v) is 2.83. The molecule has 3 heteroatoms. The largest absolute Gasteiger partial charge is 0.324 e. The molecule has 0 aromatic heterocycles. The van der Waals surface area contributed by atoms with Gasteiger partial charge >= 0.3 is 0 Å². The van der Waals surface area contributed by atoms with E-state index < -0.39 is 5.54 Å². The number of anilines is 1. The molecule has 2 rings (SSSR count). The summed E-state index contributed by atoms with van der Waals surface area (Å²) in [5.41, 5.74) is 7.26. The molecule has 1 aliphatic rings. The van der Waals surface area contributed by atoms with Crippen molar-refractivity contribution in [2.45, 2.75) is 31.7 Å². The fourth-order valence-electron chi connectivity index (χ4n) is 1.49. The zero-order valence-electron chi connectivity index (χ0n) is 8.92. The van der Waals surface area contributed by atoms with Gasteiger partial charge in [-0.1, -0.05) is 19.1 Å². The number of rotatable bonds is 3. The van der Waals surface area contributed by atoms with Crippen molar-refractivity contribution in [1.82, 2.24) is 0 Å². The summed E-state index contributed by atoms with van der Waals surface area (Å²) in [5, 5.41) is 2.86. The number of hydrogen-bond donors (Lipinski definition) is 2. The highest BCUT2D eigenvalue weighted by Crippen LogP contribution is 2.33. The van der Waals surface area contributed by atoms with Crippen LogP contribution in [-0.4, -0.2) is 11.4 Å². The lowest BCUT2D eigenvalue weighted by Gasteiger charge is -2.10. The predicted molar refractivity (Wildman–Crippen MR) is 60.6 cm³/mol. The minimum atomic E-state index is -0.595. The predicted octanol–water partition coefficient (Wildman–Crippen LogP) is 1.68. The summed E-state index contributed by atoms with van der Waals surface area (Å²) in [6.45, 7) is 2.09. The number of hydrogen-bond acceptors (Lipinski definition) is 2. The van der Waals surface area contributed by atoms with E-state index in [0.29, 0.717) is 0 Å². The average Bonchev–Trinajstić information content (AvgIpc) is 2.98. The second kappa shape index (κ2) is 3.66. The van der Waals surface area contributed by atoms with E-state index in [2.05, 4.69) is 12.2 Å². The molecule has 1 saturated carbocycles. The first-order valence-electron chi connectivity index (χ1n) is 5.33. The lowest BCUT2D eigenvalue weighted by molar-refractivity contribution is -0.118. The number of nitrogens with one attached hydrogen (secondary N) is 1. The zero-order valence-corrected chi connectivity index (χ0v) is 8.92. The highest BCUT2D eigenvalue weighted by Gasteiger charge is 2.45. The van der Waals surface area contributed by atoms with Gasteiger partial charge in [-0.25, -0.2) is 0 Å². The molecule has 1 aromatic carbocycles. The summed E-state index contributed by atoms with van der Waals surface area (Å²) in [5.74, 6) is -0.0595. The van der Waals surface area contributed by atoms with Gasteiger partial charge in [0, 0.05) is 5.69 Å². The summed E-state index contributed by atoms with van der Waals surface area (Å²) in [6, 6.07) is 7.88. The molecule has 3 nitrogen and oxygen atoms in total. The summed E-state index contributed by atoms with van der Waals surface area (Å²) in [7, 11) is 0. The van der Waals surface area contributed by atoms with E-state index >= 15 is 0 Å². The van der Waals surface area contributed by atoms with Crippen molar-refractivity contribution in [3.05, 3.63) is 29.8 Å². The molecule has 0 saturated heterocycles. The van der Waals surface area contributed by atoms with Crippen molar-refractivity contribution in [3.63, 3.8) is 0 Å². The monoisotopic (exact) mass is 204 g/mol. The second-order valence-corrected chi connectivity index (χ2v) is 4.16. The number of nitrogens with two attached hydrogens (primary N) is 1. The Morgan fingerprint density at radius 1 is 1.53 bits per heavy atom. The van der Waals surface area contributed by atoms with Crippen LogP contribution in [0.15, 0.2) is 24.3 Å². The SMILES string of the molecule is CCc1cccc(NC(=O)C2(N)CC2)c1. The molecule has 15 heavy (non-hydrogen) atoms. The number of amides is 1. The van der Waals surface area contributed by atoms with Gasteiger partial charge in [0.2, 0.25) is 5.91 Å². The highest BCUT2D eigenvalue weighted by molar-refractivity contribution is 6.00. The van der Waals surface area contributed by atoms with Crippen LogP contribution < -0.4 is 11.1 Å². The Labute approximate surface area is 89.7 Å². The maximum absolute atomic E-state index is 11.7. The second-order valence-electron chi connectivity index (χ2n) is 4.16. The van der Waals surface area contributed by atoms with Crippen molar-refractivity contribution in [2.24, 2.45) is 5.73 Å². The van der Waals surface area contributed by atoms with Gasteiger partial charge in [-0.05, 0) is 37.0 Å². The van der Waals surface area contributed by atoms with Crippen molar-refractivity contribution in [1.29, 1.82) is 0 Å². The van der Waals surface area contributed by atoms with Crippen LogP contribution in [0.25, 0.3) is 0 Å². The van der Waals surface area contributed by atoms with Crippen molar-refractivity contribution in [2.75, 3.05) is 5.32 Å². The van der Waals surface area contributed by atoms with Crippen LogP contribution in [0.1, 0.15) is 25.3 Å². The quantitative estimate of drug-likeness (QED) is 0.787. The first-order chi connectivity index (χ1) is 7.14. The highest BCUT2D eigenvalue weighted by atomic mass is 16.2. The van der Waals surface area contributed by atoms with Gasteiger partial charge in [0.25, 0.3) is 0 Å². The Balaban J connectivity index is 2.07. The summed E-state index contributed by atoms with van der Waals surface area (Å²) in [6.07, 6.45) is 2.57. The number of benzene rings is 1. The molecule has 0 spiro atoms. The van der Waals surface area contributed by atoms with Gasteiger partial charge in [0.1, 0.15) is 0 Å². The molecule has 1 aliphatic carbocycles. The molecule has 1 aromatic rings. The summed E-state index contributed by atoms with van der Waals surface area (Å²) in [4.78, 5) is 11.7. The summed E-state index contributed by atoms with van der Waals surface area (Å²) >= 11 is 0. The molecule has 0 bridgehead atoms. The fourth-order valence-corrected chi connectivity index (χ4v) is 1.49. The van der Waals surface area contributed by atoms with Gasteiger partial charge < -0.3 is 11.1 Å². The van der Waals surface area contributed by atoms with Gasteiger partial charge in [0.15, 0.2) is 0 Å². The van der Waals surface area contributed by atoms with E-state index in [1.807, 2.05) is 24.3 Å². The maximum Gasteiger partial charge on any atom is 0.244 e. The molecule has 80 valence electrons. The first-order valence-corrected chi connectivity index (χ1v) is 5.33. The normalized spacial score (nSPS) is 17.2. The standard InChI is InChI=1S/C12H16N2O/c1-2-9-4-3-5-10(8-9)14-11(15)12(13)6-7-12/h3-5,8H,2,6-7,13H2,1H3,(H,14,15). The lowest BCUT2D eigenvalue weighted by Crippen LogP contribution is -2.37. The van der Waals surface area contributed by atoms with E-state index in [1.54, 1.807) is 0 Å². The van der Waals surface area contributed by atoms with Gasteiger partial charge in [-0.2, -0.15) is 0 Å². The minimum Gasteiger partial charge on any atom is -0.324 e. The minimum absolute atomic E-state index is 0.0595. The van der Waals surface area contributed by atoms with Gasteiger partial charge in [-0.15, -0.1) is 0 Å². The zero-order chi connectivity index (χ0) is 10.9. The summed E-state index contributed by atoms with van der Waals surface area (Å²) < 4.78 is 0. The molecule has 0 unspecified atom stereocenters. The third kappa shape index (κ3) is 2.18. The molecule has 0 heterocycles. The van der Waals surface area contributed by atoms with Crippen LogP contribution in [0.2, 0.25) is 0 Å². The smallest absolute Gasteiger partial charge is 0.244 e. The van der Waals surface area contributed by atoms with E-state index in [1.165, 1.54) is 5.56 Å². The Kier molecular flexibility index (Phi) is 2.49. The lowest BCUT2D eigenvalue weighted by atomic mass is 10.1. The average molecular weight is 204 g/mol. The number of carbonyl (C=O) groups excluding carboxylic acids is 1. The molecular weight excluding hydrogens is 188 g/mol. The Morgan fingerprint density at radius 3 is 2.87 bits per heavy atom. The fraction of sp³-hybridized carbons (Fsp3) is 0.417. The molecule has 0 atom stereocenters. The van der Waals surface area contributed by atoms with Crippen LogP contribution in [0.3, 0.4) is 0 Å². The Bertz CT molecular complexity index is 383. The molecule has 3 N–H and O–H groups in total. The third-order valence-electron chi connectivity index (χ3n) is 2.83. The maximum atomic E-state index is 11.7. The van der Waals surface area contributed by atoms with E-state index in [0.717, 1.165) is 24.9 Å². The Hall–Kier alpha value is -1.35. The van der Waals surface area contributed by atoms with Crippen LogP contribution in [0.4, 0.5) is 5.69 Å². The van der Waals surface area contributed by atoms with Crippen LogP contribution in [-0.2, 0) is 11.2 Å².